The molecule has 1 unspecified atom stereocenters. The fourth-order valence-electron chi connectivity index (χ4n) is 3.69. The molecule has 14 nitrogen and oxygen atoms in total. The van der Waals surface area contributed by atoms with Gasteiger partial charge in [0, 0.05) is 31.7 Å². The Hall–Kier alpha value is -3.75. The highest BCUT2D eigenvalue weighted by molar-refractivity contribution is 6.59. The van der Waals surface area contributed by atoms with Gasteiger partial charge in [-0.25, -0.2) is 4.79 Å². The van der Waals surface area contributed by atoms with Crippen LogP contribution in [0.3, 0.4) is 0 Å². The summed E-state index contributed by atoms with van der Waals surface area (Å²) in [5, 5.41) is 19.1. The molecule has 2 radical (unpaired) electrons. The number of hydrogen-bond donors (Lipinski definition) is 6. The molecule has 0 aliphatic carbocycles. The van der Waals surface area contributed by atoms with Gasteiger partial charge in [0.15, 0.2) is 7.85 Å². The number of imide groups is 1. The number of aliphatic hydroxyl groups is 1. The summed E-state index contributed by atoms with van der Waals surface area (Å²) in [7, 11) is 5.15. The van der Waals surface area contributed by atoms with E-state index < -0.39 is 48.3 Å². The number of nitrogens with one attached hydrogen (secondary N) is 4. The highest BCUT2D eigenvalue weighted by atomic mass is 16.3. The zero-order valence-corrected chi connectivity index (χ0v) is 22.2. The van der Waals surface area contributed by atoms with Crippen LogP contribution in [0.15, 0.2) is 12.2 Å². The Morgan fingerprint density at radius 3 is 2.08 bits per heavy atom. The molecule has 1 aliphatic heterocycles. The van der Waals surface area contributed by atoms with Gasteiger partial charge >= 0.3 is 6.03 Å². The van der Waals surface area contributed by atoms with Crippen LogP contribution in [0.5, 0.6) is 0 Å². The van der Waals surface area contributed by atoms with Crippen LogP contribution < -0.4 is 27.0 Å². The van der Waals surface area contributed by atoms with E-state index in [0.717, 1.165) is 4.90 Å². The van der Waals surface area contributed by atoms with Crippen LogP contribution in [0.25, 0.3) is 0 Å². The van der Waals surface area contributed by atoms with Crippen molar-refractivity contribution in [3.8, 4) is 0 Å². The molecule has 7 N–H and O–H groups in total. The second kappa shape index (κ2) is 17.0. The number of hydrogen-bond acceptors (Lipinski definition) is 8. The van der Waals surface area contributed by atoms with Gasteiger partial charge in [0.05, 0.1) is 18.3 Å². The van der Waals surface area contributed by atoms with E-state index in [1.54, 1.807) is 13.8 Å². The third-order valence-corrected chi connectivity index (χ3v) is 5.90. The first-order chi connectivity index (χ1) is 18.4. The lowest BCUT2D eigenvalue weighted by molar-refractivity contribution is -0.137. The molecule has 39 heavy (non-hydrogen) atoms. The highest BCUT2D eigenvalue weighted by Gasteiger charge is 2.30. The van der Waals surface area contributed by atoms with Crippen LogP contribution in [0.1, 0.15) is 52.4 Å². The number of rotatable bonds is 18. The molecule has 7 amide bonds. The van der Waals surface area contributed by atoms with Crippen LogP contribution >= 0.6 is 0 Å². The van der Waals surface area contributed by atoms with E-state index in [1.807, 2.05) is 0 Å². The van der Waals surface area contributed by atoms with E-state index in [4.69, 9.17) is 13.6 Å². The van der Waals surface area contributed by atoms with Crippen LogP contribution in [0.4, 0.5) is 4.79 Å². The topological polar surface area (TPSA) is 217 Å². The third-order valence-electron chi connectivity index (χ3n) is 5.90. The van der Waals surface area contributed by atoms with E-state index >= 15 is 0 Å². The average molecular weight is 548 g/mol. The van der Waals surface area contributed by atoms with Gasteiger partial charge < -0.3 is 36.9 Å². The van der Waals surface area contributed by atoms with Crippen molar-refractivity contribution in [3.63, 3.8) is 0 Å². The van der Waals surface area contributed by atoms with Crippen molar-refractivity contribution in [1.29, 1.82) is 0 Å². The minimum Gasteiger partial charge on any atom is -0.394 e. The molecular formula is C24H37BN6O8. The van der Waals surface area contributed by atoms with E-state index in [0.29, 0.717) is 19.3 Å². The first-order valence-corrected chi connectivity index (χ1v) is 12.7. The first kappa shape index (κ1) is 33.3. The van der Waals surface area contributed by atoms with Gasteiger partial charge in [0.1, 0.15) is 12.1 Å². The highest BCUT2D eigenvalue weighted by Crippen LogP contribution is 2.09. The number of carbonyl (C=O) groups is 7. The number of urea groups is 1. The summed E-state index contributed by atoms with van der Waals surface area (Å²) in [5.74, 6) is -2.87. The molecule has 0 aromatic heterocycles. The Balaban J connectivity index is 2.67. The number of nitrogens with zero attached hydrogens (tertiary/aromatic N) is 1. The molecule has 0 fully saturated rings. The molecule has 0 bridgehead atoms. The molecule has 0 aromatic rings. The van der Waals surface area contributed by atoms with Crippen molar-refractivity contribution < 1.29 is 38.7 Å². The second-order valence-corrected chi connectivity index (χ2v) is 9.40. The molecule has 1 aliphatic rings. The van der Waals surface area contributed by atoms with E-state index in [1.165, 1.54) is 12.2 Å². The van der Waals surface area contributed by atoms with Crippen molar-refractivity contribution in [2.75, 3.05) is 19.7 Å². The summed E-state index contributed by atoms with van der Waals surface area (Å²) in [5.41, 5.74) is 4.06. The van der Waals surface area contributed by atoms with Gasteiger partial charge in [-0.15, -0.1) is 0 Å². The second-order valence-electron chi connectivity index (χ2n) is 9.40. The number of unbranched alkanes of at least 4 members (excludes halogenated alkanes) is 2. The van der Waals surface area contributed by atoms with Gasteiger partial charge in [-0.1, -0.05) is 20.3 Å². The standard InChI is InChI=1S/C24H37BN6O8/c1-14(2)20(30-17(33)8-4-3-5-12-31-18(34)9-10-19(31)35)23(38)28-15(7-6-11-27-24(26)39)22(37)29-16(13-32)21(25)36/h9-10,14-16,20,32H,3-8,11-13H2,1-2H3,(H,28,38)(H,29,37)(H,30,33)(H3,26,27,39)/t15-,16-,20?/m0/s1. The number of primary amides is 1. The Kier molecular flexibility index (Phi) is 14.5. The summed E-state index contributed by atoms with van der Waals surface area (Å²) in [6.07, 6.45) is 4.39. The number of carbonyl (C=O) groups excluding carboxylic acids is 7. The van der Waals surface area contributed by atoms with Crippen molar-refractivity contribution in [1.82, 2.24) is 26.2 Å². The summed E-state index contributed by atoms with van der Waals surface area (Å²) < 4.78 is 0. The lowest BCUT2D eigenvalue weighted by Gasteiger charge is -2.26. The minimum atomic E-state index is -1.36. The zero-order chi connectivity index (χ0) is 29.5. The molecular weight excluding hydrogens is 511 g/mol. The average Bonchev–Trinajstić information content (AvgIpc) is 3.18. The van der Waals surface area contributed by atoms with Gasteiger partial charge in [-0.05, 0) is 31.6 Å². The van der Waals surface area contributed by atoms with Gasteiger partial charge in [-0.3, -0.25) is 28.9 Å². The maximum absolute atomic E-state index is 13.0. The van der Waals surface area contributed by atoms with E-state index in [2.05, 4.69) is 21.3 Å². The van der Waals surface area contributed by atoms with Crippen LogP contribution in [0, 0.1) is 5.92 Å². The summed E-state index contributed by atoms with van der Waals surface area (Å²) >= 11 is 0. The monoisotopic (exact) mass is 548 g/mol. The van der Waals surface area contributed by atoms with Crippen molar-refractivity contribution in [3.05, 3.63) is 12.2 Å². The number of nitrogens with two attached hydrogens (primary N) is 1. The molecule has 0 aromatic carbocycles. The zero-order valence-electron chi connectivity index (χ0n) is 22.2. The number of aliphatic hydroxyl groups excluding tert-OH is 1. The van der Waals surface area contributed by atoms with Crippen LogP contribution in [-0.2, 0) is 28.8 Å². The maximum atomic E-state index is 13.0. The van der Waals surface area contributed by atoms with Gasteiger partial charge in [0.2, 0.25) is 17.7 Å². The maximum Gasteiger partial charge on any atom is 0.312 e. The van der Waals surface area contributed by atoms with Crippen molar-refractivity contribution in [2.45, 2.75) is 70.5 Å². The Morgan fingerprint density at radius 1 is 0.923 bits per heavy atom. The van der Waals surface area contributed by atoms with Crippen LogP contribution in [-0.4, -0.2) is 96.9 Å². The van der Waals surface area contributed by atoms with Crippen molar-refractivity contribution in [2.24, 2.45) is 11.7 Å². The fraction of sp³-hybridized carbons (Fsp3) is 0.625. The third kappa shape index (κ3) is 12.1. The Labute approximate surface area is 228 Å². The smallest absolute Gasteiger partial charge is 0.312 e. The lowest BCUT2D eigenvalue weighted by Crippen LogP contribution is -2.57. The predicted octanol–water partition coefficient (Wildman–Crippen LogP) is -2.28. The molecule has 214 valence electrons. The minimum absolute atomic E-state index is 0.0467. The fourth-order valence-corrected chi connectivity index (χ4v) is 3.69. The Bertz CT molecular complexity index is 939. The molecule has 1 heterocycles. The molecule has 1 rings (SSSR count). The van der Waals surface area contributed by atoms with E-state index in [-0.39, 0.29) is 56.0 Å². The first-order valence-electron chi connectivity index (χ1n) is 12.7. The SMILES string of the molecule is [B]C(=O)[C@H](CO)NC(=O)[C@H](CCCNC(N)=O)NC(=O)C(NC(=O)CCCCCN1C(=O)C=CC1=O)C(C)C. The van der Waals surface area contributed by atoms with Crippen molar-refractivity contribution >= 4 is 49.1 Å². The molecule has 3 atom stereocenters. The predicted molar refractivity (Wildman–Crippen MR) is 140 cm³/mol. The summed E-state index contributed by atoms with van der Waals surface area (Å²) in [6, 6.07) is -4.26. The molecule has 0 saturated carbocycles. The van der Waals surface area contributed by atoms with Gasteiger partial charge in [-0.2, -0.15) is 0 Å². The van der Waals surface area contributed by atoms with Crippen LogP contribution in [0.2, 0.25) is 0 Å². The normalized spacial score (nSPS) is 15.0. The summed E-state index contributed by atoms with van der Waals surface area (Å²) in [4.78, 5) is 84.8. The molecule has 0 saturated heterocycles. The van der Waals surface area contributed by atoms with E-state index in [9.17, 15) is 38.7 Å². The number of amides is 7. The van der Waals surface area contributed by atoms with Gasteiger partial charge in [0.25, 0.3) is 11.8 Å². The summed E-state index contributed by atoms with van der Waals surface area (Å²) in [6.45, 7) is 3.06. The molecule has 0 spiro atoms. The lowest BCUT2D eigenvalue weighted by atomic mass is 9.95. The largest absolute Gasteiger partial charge is 0.394 e. The Morgan fingerprint density at radius 2 is 1.54 bits per heavy atom. The molecule has 15 heteroatoms. The quantitative estimate of drug-likeness (QED) is 0.0621.